The summed E-state index contributed by atoms with van der Waals surface area (Å²) in [4.78, 5) is 26.4. The zero-order valence-electron chi connectivity index (χ0n) is 11.2. The lowest BCUT2D eigenvalue weighted by Crippen LogP contribution is -2.09. The van der Waals surface area contributed by atoms with Gasteiger partial charge in [0.2, 0.25) is 5.91 Å². The second kappa shape index (κ2) is 5.24. The maximum Gasteiger partial charge on any atom is 0.358 e. The summed E-state index contributed by atoms with van der Waals surface area (Å²) in [5.41, 5.74) is 1.40. The number of carbonyl (C=O) groups excluding carboxylic acids is 1. The van der Waals surface area contributed by atoms with E-state index in [0.717, 1.165) is 12.8 Å². The molecule has 3 rings (SSSR count). The van der Waals surface area contributed by atoms with Crippen LogP contribution in [0.1, 0.15) is 47.6 Å². The lowest BCUT2D eigenvalue weighted by Gasteiger charge is -2.03. The molecule has 21 heavy (non-hydrogen) atoms. The monoisotopic (exact) mass is 307 g/mol. The fourth-order valence-electron chi connectivity index (χ4n) is 2.09. The van der Waals surface area contributed by atoms with Crippen LogP contribution in [0.2, 0.25) is 0 Å². The molecule has 1 fully saturated rings. The van der Waals surface area contributed by atoms with Gasteiger partial charge in [0, 0.05) is 18.2 Å². The van der Waals surface area contributed by atoms with Crippen LogP contribution in [0.5, 0.6) is 0 Å². The highest BCUT2D eigenvalue weighted by Crippen LogP contribution is 2.41. The minimum absolute atomic E-state index is 0.0230. The van der Waals surface area contributed by atoms with Crippen LogP contribution in [0.3, 0.4) is 0 Å². The van der Waals surface area contributed by atoms with Crippen LogP contribution in [-0.2, 0) is 11.3 Å². The van der Waals surface area contributed by atoms with Crippen LogP contribution >= 0.6 is 11.3 Å². The van der Waals surface area contributed by atoms with Gasteiger partial charge < -0.3 is 10.4 Å². The first-order valence-corrected chi connectivity index (χ1v) is 7.31. The van der Waals surface area contributed by atoms with E-state index in [2.05, 4.69) is 20.6 Å². The number of carboxylic acid groups (broad SMARTS) is 1. The first kappa shape index (κ1) is 13.7. The zero-order chi connectivity index (χ0) is 15.0. The molecule has 2 heterocycles. The number of carbonyl (C=O) groups is 2. The molecular weight excluding hydrogens is 294 g/mol. The summed E-state index contributed by atoms with van der Waals surface area (Å²) < 4.78 is 1.59. The first-order valence-electron chi connectivity index (χ1n) is 6.43. The topological polar surface area (TPSA) is 110 Å². The Kier molecular flexibility index (Phi) is 3.42. The fraction of sp³-hybridized carbons (Fsp3) is 0.417. The molecule has 0 atom stereocenters. The highest BCUT2D eigenvalue weighted by Gasteiger charge is 2.33. The summed E-state index contributed by atoms with van der Waals surface area (Å²) >= 11 is 1.32. The van der Waals surface area contributed by atoms with Crippen molar-refractivity contribution in [1.29, 1.82) is 0 Å². The minimum atomic E-state index is -1.06. The minimum Gasteiger partial charge on any atom is -0.476 e. The average Bonchev–Trinajstić information content (AvgIpc) is 3.01. The molecule has 0 unspecified atom stereocenters. The van der Waals surface area contributed by atoms with Gasteiger partial charge in [-0.05, 0) is 12.8 Å². The number of carboxylic acids is 1. The van der Waals surface area contributed by atoms with Crippen molar-refractivity contribution >= 4 is 28.3 Å². The van der Waals surface area contributed by atoms with Crippen molar-refractivity contribution in [3.63, 3.8) is 0 Å². The van der Waals surface area contributed by atoms with E-state index >= 15 is 0 Å². The number of nitrogens with one attached hydrogen (secondary N) is 1. The molecule has 1 aliphatic rings. The predicted molar refractivity (Wildman–Crippen MR) is 74.5 cm³/mol. The fourth-order valence-corrected chi connectivity index (χ4v) is 2.84. The molecule has 0 radical (unpaired) electrons. The standard InChI is InChI=1S/C12H13N5O3S/c1-6(18)13-12-14-8(5-21-12)4-17-10(7-2-3-7)9(11(19)20)15-16-17/h5,7H,2-4H2,1H3,(H,19,20)(H,13,14,18). The summed E-state index contributed by atoms with van der Waals surface area (Å²) in [6.45, 7) is 1.77. The third-order valence-electron chi connectivity index (χ3n) is 3.09. The molecule has 8 nitrogen and oxygen atoms in total. The van der Waals surface area contributed by atoms with Gasteiger partial charge in [0.05, 0.1) is 17.9 Å². The maximum absolute atomic E-state index is 11.2. The Bertz CT molecular complexity index is 704. The number of anilines is 1. The van der Waals surface area contributed by atoms with Gasteiger partial charge in [0.25, 0.3) is 0 Å². The normalized spacial score (nSPS) is 14.1. The van der Waals surface area contributed by atoms with Gasteiger partial charge in [-0.15, -0.1) is 16.4 Å². The molecular formula is C12H13N5O3S. The largest absolute Gasteiger partial charge is 0.476 e. The molecule has 2 N–H and O–H groups in total. The molecule has 0 aromatic carbocycles. The quantitative estimate of drug-likeness (QED) is 0.862. The van der Waals surface area contributed by atoms with E-state index in [1.807, 2.05) is 5.38 Å². The third kappa shape index (κ3) is 2.92. The molecule has 0 aliphatic heterocycles. The number of amides is 1. The molecule has 0 bridgehead atoms. The van der Waals surface area contributed by atoms with Crippen molar-refractivity contribution in [1.82, 2.24) is 20.0 Å². The third-order valence-corrected chi connectivity index (χ3v) is 3.89. The highest BCUT2D eigenvalue weighted by atomic mass is 32.1. The number of thiazole rings is 1. The van der Waals surface area contributed by atoms with E-state index < -0.39 is 5.97 Å². The molecule has 2 aromatic heterocycles. The molecule has 1 amide bonds. The Hall–Kier alpha value is -2.29. The van der Waals surface area contributed by atoms with E-state index in [-0.39, 0.29) is 17.5 Å². The molecule has 1 aliphatic carbocycles. The summed E-state index contributed by atoms with van der Waals surface area (Å²) in [5, 5.41) is 21.8. The van der Waals surface area contributed by atoms with Gasteiger partial charge in [-0.1, -0.05) is 5.21 Å². The van der Waals surface area contributed by atoms with Crippen LogP contribution in [0.4, 0.5) is 5.13 Å². The summed E-state index contributed by atoms with van der Waals surface area (Å²) in [7, 11) is 0. The number of aromatic nitrogens is 4. The van der Waals surface area contributed by atoms with Gasteiger partial charge in [-0.25, -0.2) is 14.5 Å². The Labute approximate surface area is 123 Å². The Morgan fingerprint density at radius 2 is 2.29 bits per heavy atom. The van der Waals surface area contributed by atoms with Crippen LogP contribution in [0.15, 0.2) is 5.38 Å². The van der Waals surface area contributed by atoms with Crippen molar-refractivity contribution in [3.05, 3.63) is 22.5 Å². The number of rotatable bonds is 5. The van der Waals surface area contributed by atoms with E-state index in [1.165, 1.54) is 18.3 Å². The SMILES string of the molecule is CC(=O)Nc1nc(Cn2nnc(C(=O)O)c2C2CC2)cs1. The molecule has 2 aromatic rings. The first-order chi connectivity index (χ1) is 10.0. The van der Waals surface area contributed by atoms with Crippen molar-refractivity contribution in [2.75, 3.05) is 5.32 Å². The number of hydrogen-bond acceptors (Lipinski definition) is 6. The smallest absolute Gasteiger partial charge is 0.358 e. The lowest BCUT2D eigenvalue weighted by atomic mass is 10.2. The van der Waals surface area contributed by atoms with Crippen LogP contribution in [0.25, 0.3) is 0 Å². The predicted octanol–water partition coefficient (Wildman–Crippen LogP) is 1.32. The summed E-state index contributed by atoms with van der Waals surface area (Å²) in [6.07, 6.45) is 1.92. The Morgan fingerprint density at radius 3 is 2.90 bits per heavy atom. The molecule has 1 saturated carbocycles. The number of nitrogens with zero attached hydrogens (tertiary/aromatic N) is 4. The number of aromatic carboxylic acids is 1. The van der Waals surface area contributed by atoms with E-state index in [0.29, 0.717) is 23.1 Å². The average molecular weight is 307 g/mol. The molecule has 0 spiro atoms. The van der Waals surface area contributed by atoms with Crippen molar-refractivity contribution in [2.24, 2.45) is 0 Å². The van der Waals surface area contributed by atoms with E-state index in [9.17, 15) is 9.59 Å². The highest BCUT2D eigenvalue weighted by molar-refractivity contribution is 7.13. The van der Waals surface area contributed by atoms with E-state index in [4.69, 9.17) is 5.11 Å². The summed E-state index contributed by atoms with van der Waals surface area (Å²) in [6, 6.07) is 0. The van der Waals surface area contributed by atoms with Crippen molar-refractivity contribution in [3.8, 4) is 0 Å². The molecule has 110 valence electrons. The van der Waals surface area contributed by atoms with Gasteiger partial charge in [0.1, 0.15) is 0 Å². The van der Waals surface area contributed by atoms with Crippen molar-refractivity contribution in [2.45, 2.75) is 32.2 Å². The molecule has 0 saturated heterocycles. The molecule has 9 heteroatoms. The van der Waals surface area contributed by atoms with Gasteiger partial charge in [-0.2, -0.15) is 0 Å². The van der Waals surface area contributed by atoms with Crippen LogP contribution in [-0.4, -0.2) is 37.0 Å². The maximum atomic E-state index is 11.2. The van der Waals surface area contributed by atoms with Gasteiger partial charge in [0.15, 0.2) is 10.8 Å². The summed E-state index contributed by atoms with van der Waals surface area (Å²) in [5.74, 6) is -1.01. The van der Waals surface area contributed by atoms with E-state index in [1.54, 1.807) is 4.68 Å². The second-order valence-corrected chi connectivity index (χ2v) is 5.74. The lowest BCUT2D eigenvalue weighted by molar-refractivity contribution is -0.114. The Morgan fingerprint density at radius 1 is 1.52 bits per heavy atom. The van der Waals surface area contributed by atoms with Crippen molar-refractivity contribution < 1.29 is 14.7 Å². The van der Waals surface area contributed by atoms with Gasteiger partial charge in [-0.3, -0.25) is 4.79 Å². The number of hydrogen-bond donors (Lipinski definition) is 2. The van der Waals surface area contributed by atoms with Crippen LogP contribution in [0, 0.1) is 0 Å². The second-order valence-electron chi connectivity index (χ2n) is 4.89. The van der Waals surface area contributed by atoms with Gasteiger partial charge >= 0.3 is 5.97 Å². The Balaban J connectivity index is 1.83. The zero-order valence-corrected chi connectivity index (χ0v) is 12.1. The van der Waals surface area contributed by atoms with Crippen LogP contribution < -0.4 is 5.32 Å².